The molecule has 0 aliphatic heterocycles. The van der Waals surface area contributed by atoms with Gasteiger partial charge < -0.3 is 5.32 Å². The molecular weight excluding hydrogens is 372 g/mol. The number of fused-ring (bicyclic) bond motifs is 1. The van der Waals surface area contributed by atoms with E-state index in [0.717, 1.165) is 16.5 Å². The Balaban J connectivity index is 1.38. The first-order valence-corrected chi connectivity index (χ1v) is 9.89. The van der Waals surface area contributed by atoms with Crippen molar-refractivity contribution in [2.45, 2.75) is 25.5 Å². The van der Waals surface area contributed by atoms with Crippen molar-refractivity contribution in [2.75, 3.05) is 5.75 Å². The van der Waals surface area contributed by atoms with Crippen LogP contribution < -0.4 is 5.32 Å². The van der Waals surface area contributed by atoms with Crippen molar-refractivity contribution >= 4 is 23.3 Å². The van der Waals surface area contributed by atoms with Crippen LogP contribution in [0, 0.1) is 13.8 Å². The van der Waals surface area contributed by atoms with E-state index in [0.29, 0.717) is 12.4 Å². The monoisotopic (exact) mass is 392 g/mol. The second-order valence-corrected chi connectivity index (χ2v) is 7.48. The number of rotatable bonds is 6. The van der Waals surface area contributed by atoms with Gasteiger partial charge in [-0.25, -0.2) is 4.98 Å². The van der Waals surface area contributed by atoms with Gasteiger partial charge >= 0.3 is 0 Å². The molecule has 0 aliphatic rings. The van der Waals surface area contributed by atoms with Gasteiger partial charge in [0.15, 0.2) is 16.6 Å². The van der Waals surface area contributed by atoms with Crippen LogP contribution in [0.2, 0.25) is 0 Å². The molecule has 1 N–H and O–H groups in total. The highest BCUT2D eigenvalue weighted by atomic mass is 32.2. The molecule has 0 bridgehead atoms. The molecule has 7 nitrogen and oxygen atoms in total. The number of benzene rings is 1. The Morgan fingerprint density at radius 3 is 2.75 bits per heavy atom. The van der Waals surface area contributed by atoms with E-state index in [1.165, 1.54) is 22.9 Å². The maximum Gasteiger partial charge on any atom is 0.230 e. The molecule has 0 unspecified atom stereocenters. The van der Waals surface area contributed by atoms with Gasteiger partial charge in [-0.3, -0.25) is 13.8 Å². The first-order chi connectivity index (χ1) is 13.6. The zero-order valence-corrected chi connectivity index (χ0v) is 16.5. The average Bonchev–Trinajstić information content (AvgIpc) is 3.31. The number of hydrogen-bond donors (Lipinski definition) is 1. The minimum atomic E-state index is -0.0762. The van der Waals surface area contributed by atoms with Crippen LogP contribution in [0.3, 0.4) is 0 Å². The van der Waals surface area contributed by atoms with Crippen LogP contribution in [0.25, 0.3) is 11.3 Å². The molecular formula is C20H20N6OS. The van der Waals surface area contributed by atoms with Crippen LogP contribution in [0.4, 0.5) is 0 Å². The van der Waals surface area contributed by atoms with Crippen molar-refractivity contribution in [3.8, 4) is 5.69 Å². The Kier molecular flexibility index (Phi) is 5.12. The number of amides is 1. The molecule has 28 heavy (non-hydrogen) atoms. The van der Waals surface area contributed by atoms with Gasteiger partial charge in [-0.2, -0.15) is 0 Å². The van der Waals surface area contributed by atoms with E-state index in [1.54, 1.807) is 6.20 Å². The van der Waals surface area contributed by atoms with Gasteiger partial charge in [0.2, 0.25) is 5.91 Å². The Hall–Kier alpha value is -3.13. The van der Waals surface area contributed by atoms with E-state index in [2.05, 4.69) is 52.5 Å². The molecule has 0 aliphatic carbocycles. The van der Waals surface area contributed by atoms with Crippen molar-refractivity contribution in [3.05, 3.63) is 71.9 Å². The molecule has 3 heterocycles. The maximum absolute atomic E-state index is 12.3. The fraction of sp³-hybridized carbons (Fsp3) is 0.200. The quantitative estimate of drug-likeness (QED) is 0.511. The smallest absolute Gasteiger partial charge is 0.230 e. The summed E-state index contributed by atoms with van der Waals surface area (Å²) >= 11 is 1.41. The molecule has 0 radical (unpaired) electrons. The predicted molar refractivity (Wildman–Crippen MR) is 109 cm³/mol. The van der Waals surface area contributed by atoms with Crippen LogP contribution in [-0.4, -0.2) is 35.8 Å². The fourth-order valence-electron chi connectivity index (χ4n) is 3.05. The van der Waals surface area contributed by atoms with Gasteiger partial charge in [0.05, 0.1) is 12.3 Å². The standard InChI is InChI=1S/C20H20N6OS/c1-14-9-15(2)11-16(10-14)25-8-6-21-20(25)28-13-19(27)22-12-18-24-23-17-5-3-4-7-26(17)18/h3-11H,12-13H2,1-2H3,(H,22,27). The lowest BCUT2D eigenvalue weighted by atomic mass is 10.1. The lowest BCUT2D eigenvalue weighted by Crippen LogP contribution is -2.25. The number of carbonyl (C=O) groups excluding carboxylic acids is 1. The van der Waals surface area contributed by atoms with Gasteiger partial charge in [-0.15, -0.1) is 10.2 Å². The van der Waals surface area contributed by atoms with Gasteiger partial charge in [0.25, 0.3) is 0 Å². The summed E-state index contributed by atoms with van der Waals surface area (Å²) in [5.41, 5.74) is 4.19. The second kappa shape index (κ2) is 7.85. The first-order valence-electron chi connectivity index (χ1n) is 8.90. The van der Waals surface area contributed by atoms with Crippen molar-refractivity contribution in [1.29, 1.82) is 0 Å². The minimum Gasteiger partial charge on any atom is -0.348 e. The number of aromatic nitrogens is 5. The number of nitrogens with one attached hydrogen (secondary N) is 1. The number of imidazole rings is 1. The minimum absolute atomic E-state index is 0.0762. The lowest BCUT2D eigenvalue weighted by Gasteiger charge is -2.10. The summed E-state index contributed by atoms with van der Waals surface area (Å²) in [6, 6.07) is 12.0. The highest BCUT2D eigenvalue weighted by Gasteiger charge is 2.11. The van der Waals surface area contributed by atoms with Crippen LogP contribution in [0.1, 0.15) is 17.0 Å². The van der Waals surface area contributed by atoms with Crippen molar-refractivity contribution in [2.24, 2.45) is 0 Å². The van der Waals surface area contributed by atoms with E-state index in [9.17, 15) is 4.79 Å². The van der Waals surface area contributed by atoms with Crippen LogP contribution in [-0.2, 0) is 11.3 Å². The highest BCUT2D eigenvalue weighted by Crippen LogP contribution is 2.22. The maximum atomic E-state index is 12.3. The van der Waals surface area contributed by atoms with Crippen molar-refractivity contribution in [3.63, 3.8) is 0 Å². The molecule has 4 rings (SSSR count). The van der Waals surface area contributed by atoms with Crippen molar-refractivity contribution in [1.82, 2.24) is 29.5 Å². The zero-order valence-electron chi connectivity index (χ0n) is 15.7. The van der Waals surface area contributed by atoms with Crippen molar-refractivity contribution < 1.29 is 4.79 Å². The predicted octanol–water partition coefficient (Wildman–Crippen LogP) is 2.94. The van der Waals surface area contributed by atoms with Crippen LogP contribution >= 0.6 is 11.8 Å². The second-order valence-electron chi connectivity index (χ2n) is 6.54. The van der Waals surface area contributed by atoms with Gasteiger partial charge in [0, 0.05) is 24.3 Å². The molecule has 0 atom stereocenters. The summed E-state index contributed by atoms with van der Waals surface area (Å²) < 4.78 is 3.87. The third-order valence-electron chi connectivity index (χ3n) is 4.25. The molecule has 8 heteroatoms. The van der Waals surface area contributed by atoms with Gasteiger partial charge in [0.1, 0.15) is 0 Å². The molecule has 4 aromatic rings. The average molecular weight is 392 g/mol. The molecule has 1 aromatic carbocycles. The van der Waals surface area contributed by atoms with E-state index >= 15 is 0 Å². The number of thioether (sulfide) groups is 1. The summed E-state index contributed by atoms with van der Waals surface area (Å²) in [6.07, 6.45) is 5.54. The van der Waals surface area contributed by atoms with Crippen LogP contribution in [0.15, 0.2) is 60.1 Å². The largest absolute Gasteiger partial charge is 0.348 e. The highest BCUT2D eigenvalue weighted by molar-refractivity contribution is 7.99. The fourth-order valence-corrected chi connectivity index (χ4v) is 3.86. The SMILES string of the molecule is Cc1cc(C)cc(-n2ccnc2SCC(=O)NCc2nnc3ccccn23)c1. The number of aryl methyl sites for hydroxylation is 2. The zero-order chi connectivity index (χ0) is 19.5. The Morgan fingerprint density at radius 1 is 1.11 bits per heavy atom. The first kappa shape index (κ1) is 18.2. The Morgan fingerprint density at radius 2 is 1.93 bits per heavy atom. The van der Waals surface area contributed by atoms with E-state index < -0.39 is 0 Å². The summed E-state index contributed by atoms with van der Waals surface area (Å²) in [6.45, 7) is 4.47. The third-order valence-corrected chi connectivity index (χ3v) is 5.22. The number of carbonyl (C=O) groups is 1. The van der Waals surface area contributed by atoms with E-state index in [4.69, 9.17) is 0 Å². The topological polar surface area (TPSA) is 77.1 Å². The molecule has 0 saturated carbocycles. The molecule has 0 fully saturated rings. The lowest BCUT2D eigenvalue weighted by molar-refractivity contribution is -0.118. The molecule has 3 aromatic heterocycles. The molecule has 142 valence electrons. The summed E-state index contributed by atoms with van der Waals surface area (Å²) in [7, 11) is 0. The van der Waals surface area contributed by atoms with Crippen LogP contribution in [0.5, 0.6) is 0 Å². The number of pyridine rings is 1. The normalized spacial score (nSPS) is 11.1. The third kappa shape index (κ3) is 3.91. The summed E-state index contributed by atoms with van der Waals surface area (Å²) in [5.74, 6) is 0.900. The van der Waals surface area contributed by atoms with Gasteiger partial charge in [-0.05, 0) is 49.2 Å². The van der Waals surface area contributed by atoms with Gasteiger partial charge in [-0.1, -0.05) is 23.9 Å². The van der Waals surface area contributed by atoms with E-state index in [1.807, 2.05) is 39.6 Å². The molecule has 0 spiro atoms. The Labute approximate surface area is 166 Å². The Bertz CT molecular complexity index is 1110. The molecule has 1 amide bonds. The number of hydrogen-bond acceptors (Lipinski definition) is 5. The van der Waals surface area contributed by atoms with E-state index in [-0.39, 0.29) is 11.7 Å². The molecule has 0 saturated heterocycles. The summed E-state index contributed by atoms with van der Waals surface area (Å²) in [4.78, 5) is 16.7. The summed E-state index contributed by atoms with van der Waals surface area (Å²) in [5, 5.41) is 11.9. The number of nitrogens with zero attached hydrogens (tertiary/aromatic N) is 5.